The fourth-order valence-corrected chi connectivity index (χ4v) is 2.60. The lowest BCUT2D eigenvalue weighted by Gasteiger charge is -2.31. The first-order chi connectivity index (χ1) is 8.49. The molecule has 0 radical (unpaired) electrons. The van der Waals surface area contributed by atoms with E-state index in [1.807, 2.05) is 36.1 Å². The molecule has 4 heteroatoms. The van der Waals surface area contributed by atoms with Crippen molar-refractivity contribution in [2.24, 2.45) is 5.73 Å². The van der Waals surface area contributed by atoms with Gasteiger partial charge in [0.15, 0.2) is 0 Å². The minimum Gasteiger partial charge on any atom is -0.335 e. The molecule has 1 unspecified atom stereocenters. The van der Waals surface area contributed by atoms with Crippen LogP contribution in [0.3, 0.4) is 0 Å². The molecule has 0 heterocycles. The normalized spacial score (nSPS) is 14.1. The highest BCUT2D eigenvalue weighted by molar-refractivity contribution is 9.10. The highest BCUT2D eigenvalue weighted by Crippen LogP contribution is 2.27. The molecular weight excluding hydrogens is 292 g/mol. The molecule has 2 N–H and O–H groups in total. The summed E-state index contributed by atoms with van der Waals surface area (Å²) in [5.41, 5.74) is 6.83. The first-order valence-corrected chi connectivity index (χ1v) is 7.08. The summed E-state index contributed by atoms with van der Waals surface area (Å²) in [6.45, 7) is 6.56. The predicted molar refractivity (Wildman–Crippen MR) is 78.2 cm³/mol. The highest BCUT2D eigenvalue weighted by atomic mass is 79.9. The van der Waals surface area contributed by atoms with Crippen LogP contribution in [-0.2, 0) is 4.79 Å². The molecule has 2 atom stereocenters. The quantitative estimate of drug-likeness (QED) is 0.908. The van der Waals surface area contributed by atoms with Gasteiger partial charge in [0.1, 0.15) is 0 Å². The van der Waals surface area contributed by atoms with Crippen LogP contribution >= 0.6 is 15.9 Å². The molecule has 0 saturated carbocycles. The van der Waals surface area contributed by atoms with Crippen molar-refractivity contribution < 1.29 is 4.79 Å². The van der Waals surface area contributed by atoms with Crippen molar-refractivity contribution in [3.63, 3.8) is 0 Å². The lowest BCUT2D eigenvalue weighted by molar-refractivity contribution is -0.134. The van der Waals surface area contributed by atoms with Crippen LogP contribution in [0.5, 0.6) is 0 Å². The molecule has 1 aromatic rings. The molecule has 0 spiro atoms. The number of nitrogens with two attached hydrogens (primary N) is 1. The fourth-order valence-electron chi connectivity index (χ4n) is 1.98. The number of halogens is 1. The Morgan fingerprint density at radius 3 is 2.50 bits per heavy atom. The van der Waals surface area contributed by atoms with Crippen LogP contribution < -0.4 is 5.73 Å². The third kappa shape index (κ3) is 3.56. The zero-order chi connectivity index (χ0) is 13.7. The molecule has 0 saturated heterocycles. The van der Waals surface area contributed by atoms with E-state index >= 15 is 0 Å². The molecule has 18 heavy (non-hydrogen) atoms. The summed E-state index contributed by atoms with van der Waals surface area (Å²) in [7, 11) is 0. The molecule has 1 amide bonds. The molecule has 3 nitrogen and oxygen atoms in total. The molecule has 0 aromatic heterocycles. The van der Waals surface area contributed by atoms with Crippen LogP contribution in [0.2, 0.25) is 0 Å². The average Bonchev–Trinajstić information content (AvgIpc) is 2.35. The van der Waals surface area contributed by atoms with E-state index in [0.29, 0.717) is 0 Å². The van der Waals surface area contributed by atoms with Gasteiger partial charge in [-0.3, -0.25) is 4.79 Å². The van der Waals surface area contributed by atoms with Gasteiger partial charge in [0, 0.05) is 11.0 Å². The number of carbonyl (C=O) groups excluding carboxylic acids is 1. The van der Waals surface area contributed by atoms with Crippen LogP contribution in [-0.4, -0.2) is 23.4 Å². The van der Waals surface area contributed by atoms with E-state index in [2.05, 4.69) is 22.9 Å². The van der Waals surface area contributed by atoms with E-state index in [9.17, 15) is 4.79 Å². The Hall–Kier alpha value is -0.870. The molecule has 1 aromatic carbocycles. The van der Waals surface area contributed by atoms with Crippen molar-refractivity contribution in [2.45, 2.75) is 39.3 Å². The highest BCUT2D eigenvalue weighted by Gasteiger charge is 2.24. The fraction of sp³-hybridized carbons (Fsp3) is 0.500. The molecule has 100 valence electrons. The second-order valence-electron chi connectivity index (χ2n) is 4.52. The van der Waals surface area contributed by atoms with Gasteiger partial charge in [-0.05, 0) is 31.9 Å². The van der Waals surface area contributed by atoms with Crippen LogP contribution in [0.4, 0.5) is 0 Å². The standard InChI is InChI=1S/C14H21BrN2O/c1-4-9-17(14(18)10(2)16)11(3)12-7-5-6-8-13(12)15/h5-8,10-11H,4,9,16H2,1-3H3/t10-,11?/m0/s1. The molecule has 1 rings (SSSR count). The zero-order valence-electron chi connectivity index (χ0n) is 11.2. The number of hydrogen-bond donors (Lipinski definition) is 1. The van der Waals surface area contributed by atoms with Crippen LogP contribution in [0.1, 0.15) is 38.8 Å². The first kappa shape index (κ1) is 15.2. The summed E-state index contributed by atoms with van der Waals surface area (Å²) in [6, 6.07) is 7.55. The van der Waals surface area contributed by atoms with Crippen LogP contribution in [0, 0.1) is 0 Å². The molecule has 0 fully saturated rings. The molecule has 0 aliphatic heterocycles. The van der Waals surface area contributed by atoms with Gasteiger partial charge in [-0.25, -0.2) is 0 Å². The Labute approximate surface area is 117 Å². The Kier molecular flexibility index (Phi) is 5.82. The first-order valence-electron chi connectivity index (χ1n) is 6.29. The summed E-state index contributed by atoms with van der Waals surface area (Å²) in [5, 5.41) is 0. The summed E-state index contributed by atoms with van der Waals surface area (Å²) in [5.74, 6) is 0.0000954. The zero-order valence-corrected chi connectivity index (χ0v) is 12.8. The number of amides is 1. The Bertz CT molecular complexity index is 407. The Balaban J connectivity index is 2.99. The third-order valence-electron chi connectivity index (χ3n) is 2.96. The topological polar surface area (TPSA) is 46.3 Å². The van der Waals surface area contributed by atoms with Crippen LogP contribution in [0.15, 0.2) is 28.7 Å². The van der Waals surface area contributed by atoms with Gasteiger partial charge in [-0.15, -0.1) is 0 Å². The third-order valence-corrected chi connectivity index (χ3v) is 3.68. The van der Waals surface area contributed by atoms with Gasteiger partial charge in [-0.2, -0.15) is 0 Å². The van der Waals surface area contributed by atoms with Gasteiger partial charge >= 0.3 is 0 Å². The predicted octanol–water partition coefficient (Wildman–Crippen LogP) is 3.10. The summed E-state index contributed by atoms with van der Waals surface area (Å²) in [6.07, 6.45) is 0.924. The smallest absolute Gasteiger partial charge is 0.239 e. The lowest BCUT2D eigenvalue weighted by atomic mass is 10.1. The van der Waals surface area contributed by atoms with Crippen molar-refractivity contribution >= 4 is 21.8 Å². The molecular formula is C14H21BrN2O. The van der Waals surface area contributed by atoms with Gasteiger partial charge < -0.3 is 10.6 Å². The van der Waals surface area contributed by atoms with Gasteiger partial charge in [0.2, 0.25) is 5.91 Å². The minimum absolute atomic E-state index is 0.0000954. The van der Waals surface area contributed by atoms with Crippen molar-refractivity contribution in [2.75, 3.05) is 6.54 Å². The number of carbonyl (C=O) groups is 1. The Morgan fingerprint density at radius 1 is 1.39 bits per heavy atom. The summed E-state index contributed by atoms with van der Waals surface area (Å²) < 4.78 is 1.02. The maximum absolute atomic E-state index is 12.1. The monoisotopic (exact) mass is 312 g/mol. The second kappa shape index (κ2) is 6.90. The van der Waals surface area contributed by atoms with E-state index < -0.39 is 6.04 Å². The average molecular weight is 313 g/mol. The van der Waals surface area contributed by atoms with E-state index in [0.717, 1.165) is 23.0 Å². The summed E-state index contributed by atoms with van der Waals surface area (Å²) >= 11 is 3.53. The largest absolute Gasteiger partial charge is 0.335 e. The minimum atomic E-state index is -0.457. The van der Waals surface area contributed by atoms with E-state index in [4.69, 9.17) is 5.73 Å². The SMILES string of the molecule is CCCN(C(=O)[C@H](C)N)C(C)c1ccccc1Br. The van der Waals surface area contributed by atoms with Gasteiger partial charge in [0.25, 0.3) is 0 Å². The Morgan fingerprint density at radius 2 is 2.00 bits per heavy atom. The van der Waals surface area contributed by atoms with E-state index in [1.54, 1.807) is 6.92 Å². The molecule has 0 bridgehead atoms. The van der Waals surface area contributed by atoms with E-state index in [-0.39, 0.29) is 11.9 Å². The lowest BCUT2D eigenvalue weighted by Crippen LogP contribution is -2.43. The number of nitrogens with zero attached hydrogens (tertiary/aromatic N) is 1. The van der Waals surface area contributed by atoms with E-state index in [1.165, 1.54) is 0 Å². The number of hydrogen-bond acceptors (Lipinski definition) is 2. The molecule has 0 aliphatic rings. The van der Waals surface area contributed by atoms with Crippen molar-refractivity contribution in [3.05, 3.63) is 34.3 Å². The van der Waals surface area contributed by atoms with Crippen molar-refractivity contribution in [1.29, 1.82) is 0 Å². The van der Waals surface area contributed by atoms with Crippen molar-refractivity contribution in [1.82, 2.24) is 4.90 Å². The van der Waals surface area contributed by atoms with Crippen LogP contribution in [0.25, 0.3) is 0 Å². The number of benzene rings is 1. The van der Waals surface area contributed by atoms with Gasteiger partial charge in [0.05, 0.1) is 12.1 Å². The second-order valence-corrected chi connectivity index (χ2v) is 5.37. The summed E-state index contributed by atoms with van der Waals surface area (Å²) in [4.78, 5) is 14.0. The van der Waals surface area contributed by atoms with Gasteiger partial charge in [-0.1, -0.05) is 41.1 Å². The van der Waals surface area contributed by atoms with Crippen molar-refractivity contribution in [3.8, 4) is 0 Å². The maximum atomic E-state index is 12.1. The molecule has 0 aliphatic carbocycles. The maximum Gasteiger partial charge on any atom is 0.239 e. The number of rotatable bonds is 5.